The summed E-state index contributed by atoms with van der Waals surface area (Å²) in [7, 11) is 1.37. The number of amides is 1. The maximum absolute atomic E-state index is 11.1. The number of hydrogen-bond donors (Lipinski definition) is 3. The van der Waals surface area contributed by atoms with Crippen LogP contribution in [-0.2, 0) is 4.74 Å². The van der Waals surface area contributed by atoms with E-state index in [0.29, 0.717) is 5.69 Å². The van der Waals surface area contributed by atoms with Gasteiger partial charge in [0.1, 0.15) is 5.82 Å². The van der Waals surface area contributed by atoms with Crippen molar-refractivity contribution in [1.29, 1.82) is 0 Å². The fraction of sp³-hybridized carbons (Fsp3) is 0.600. The number of hydrogen-bond acceptors (Lipinski definition) is 5. The lowest BCUT2D eigenvalue weighted by Crippen LogP contribution is -2.44. The van der Waals surface area contributed by atoms with Crippen LogP contribution in [0.25, 0.3) is 0 Å². The van der Waals surface area contributed by atoms with Crippen molar-refractivity contribution < 1.29 is 9.53 Å². The van der Waals surface area contributed by atoms with E-state index in [1.54, 1.807) is 6.20 Å². The molecule has 7 nitrogen and oxygen atoms in total. The molecule has 1 aromatic heterocycles. The molecule has 0 spiro atoms. The summed E-state index contributed by atoms with van der Waals surface area (Å²) in [5.41, 5.74) is 6.44. The van der Waals surface area contributed by atoms with Gasteiger partial charge >= 0.3 is 6.09 Å². The summed E-state index contributed by atoms with van der Waals surface area (Å²) in [5.74, 6) is 0.863. The molecule has 17 heavy (non-hydrogen) atoms. The molecule has 1 aliphatic rings. The van der Waals surface area contributed by atoms with Crippen LogP contribution in [-0.4, -0.2) is 42.5 Å². The summed E-state index contributed by atoms with van der Waals surface area (Å²) < 4.78 is 4.57. The monoisotopic (exact) mass is 239 g/mol. The van der Waals surface area contributed by atoms with Crippen LogP contribution in [0.5, 0.6) is 0 Å². The van der Waals surface area contributed by atoms with Crippen LogP contribution in [0.4, 0.5) is 16.3 Å². The Bertz CT molecular complexity index is 384. The molecule has 1 amide bonds. The smallest absolute Gasteiger partial charge is 0.407 e. The third kappa shape index (κ3) is 2.61. The van der Waals surface area contributed by atoms with E-state index in [9.17, 15) is 4.79 Å². The molecule has 0 atom stereocenters. The fourth-order valence-corrected chi connectivity index (χ4v) is 2.01. The van der Waals surface area contributed by atoms with Crippen molar-refractivity contribution in [2.75, 3.05) is 30.8 Å². The molecular formula is C10H17N5O2. The van der Waals surface area contributed by atoms with E-state index in [0.717, 1.165) is 31.7 Å². The number of nitrogen functional groups attached to an aromatic ring is 1. The van der Waals surface area contributed by atoms with Crippen molar-refractivity contribution in [3.8, 4) is 0 Å². The molecule has 0 saturated carbocycles. The van der Waals surface area contributed by atoms with Crippen LogP contribution in [0.3, 0.4) is 0 Å². The van der Waals surface area contributed by atoms with Crippen molar-refractivity contribution in [2.45, 2.75) is 18.9 Å². The number of carbonyl (C=O) groups excluding carboxylic acids is 1. The number of methoxy groups -OCH3 is 1. The van der Waals surface area contributed by atoms with Gasteiger partial charge in [0.25, 0.3) is 0 Å². The van der Waals surface area contributed by atoms with Crippen molar-refractivity contribution in [3.63, 3.8) is 0 Å². The second-order valence-corrected chi connectivity index (χ2v) is 4.07. The minimum absolute atomic E-state index is 0.169. The van der Waals surface area contributed by atoms with Gasteiger partial charge in [0, 0.05) is 19.1 Å². The molecule has 2 heterocycles. The highest BCUT2D eigenvalue weighted by Gasteiger charge is 2.22. The lowest BCUT2D eigenvalue weighted by atomic mass is 10.1. The number of aromatic amines is 1. The molecule has 0 aliphatic carbocycles. The topological polar surface area (TPSA) is 96.3 Å². The number of ether oxygens (including phenoxy) is 1. The summed E-state index contributed by atoms with van der Waals surface area (Å²) in [6.07, 6.45) is 2.97. The third-order valence-corrected chi connectivity index (χ3v) is 2.97. The number of alkyl carbamates (subject to hydrolysis) is 1. The first-order valence-corrected chi connectivity index (χ1v) is 5.59. The van der Waals surface area contributed by atoms with Crippen molar-refractivity contribution in [3.05, 3.63) is 6.20 Å². The summed E-state index contributed by atoms with van der Waals surface area (Å²) in [5, 5.41) is 9.58. The second-order valence-electron chi connectivity index (χ2n) is 4.07. The number of nitrogens with one attached hydrogen (secondary N) is 2. The number of anilines is 2. The maximum Gasteiger partial charge on any atom is 0.407 e. The molecule has 94 valence electrons. The van der Waals surface area contributed by atoms with E-state index in [4.69, 9.17) is 5.73 Å². The Morgan fingerprint density at radius 1 is 1.65 bits per heavy atom. The van der Waals surface area contributed by atoms with Crippen molar-refractivity contribution >= 4 is 17.6 Å². The number of rotatable bonds is 2. The first-order chi connectivity index (χ1) is 8.20. The molecule has 1 saturated heterocycles. The zero-order chi connectivity index (χ0) is 12.3. The van der Waals surface area contributed by atoms with Crippen LogP contribution < -0.4 is 16.0 Å². The van der Waals surface area contributed by atoms with Crippen LogP contribution in [0.15, 0.2) is 6.20 Å². The molecule has 2 rings (SSSR count). The van der Waals surface area contributed by atoms with Gasteiger partial charge in [-0.15, -0.1) is 0 Å². The summed E-state index contributed by atoms with van der Waals surface area (Å²) in [6, 6.07) is 0.169. The molecule has 0 unspecified atom stereocenters. The predicted molar refractivity (Wildman–Crippen MR) is 63.8 cm³/mol. The van der Waals surface area contributed by atoms with E-state index in [1.165, 1.54) is 7.11 Å². The Hall–Kier alpha value is -1.92. The van der Waals surface area contributed by atoms with Crippen LogP contribution in [0.2, 0.25) is 0 Å². The first kappa shape index (κ1) is 11.6. The highest BCUT2D eigenvalue weighted by Crippen LogP contribution is 2.22. The summed E-state index contributed by atoms with van der Waals surface area (Å²) >= 11 is 0. The molecule has 1 aliphatic heterocycles. The van der Waals surface area contributed by atoms with Crippen LogP contribution in [0, 0.1) is 0 Å². The fourth-order valence-electron chi connectivity index (χ4n) is 2.01. The number of piperidine rings is 1. The van der Waals surface area contributed by atoms with Gasteiger partial charge in [-0.3, -0.25) is 5.10 Å². The standard InChI is InChI=1S/C10H17N5O2/c1-17-10(16)13-7-2-4-15(5-3-7)9-8(11)6-12-14-9/h6-7H,2-5,11H2,1H3,(H,12,14)(H,13,16). The molecule has 4 N–H and O–H groups in total. The van der Waals surface area contributed by atoms with Crippen LogP contribution in [0.1, 0.15) is 12.8 Å². The molecule has 0 bridgehead atoms. The van der Waals surface area contributed by atoms with Gasteiger partial charge in [-0.2, -0.15) is 5.10 Å². The maximum atomic E-state index is 11.1. The van der Waals surface area contributed by atoms with Gasteiger partial charge in [-0.05, 0) is 12.8 Å². The molecule has 0 radical (unpaired) electrons. The summed E-state index contributed by atoms with van der Waals surface area (Å²) in [6.45, 7) is 1.67. The Morgan fingerprint density at radius 2 is 2.35 bits per heavy atom. The van der Waals surface area contributed by atoms with Gasteiger partial charge < -0.3 is 20.7 Å². The Morgan fingerprint density at radius 3 is 2.88 bits per heavy atom. The minimum atomic E-state index is -0.371. The average Bonchev–Trinajstić information content (AvgIpc) is 2.76. The van der Waals surface area contributed by atoms with E-state index < -0.39 is 0 Å². The Labute approximate surface area is 99.3 Å². The molecule has 1 fully saturated rings. The third-order valence-electron chi connectivity index (χ3n) is 2.97. The molecular weight excluding hydrogens is 222 g/mol. The zero-order valence-electron chi connectivity index (χ0n) is 9.77. The van der Waals surface area contributed by atoms with E-state index in [2.05, 4.69) is 25.2 Å². The SMILES string of the molecule is COC(=O)NC1CCN(c2[nH]ncc2N)CC1. The molecule has 1 aromatic rings. The zero-order valence-corrected chi connectivity index (χ0v) is 9.77. The minimum Gasteiger partial charge on any atom is -0.453 e. The van der Waals surface area contributed by atoms with Gasteiger partial charge in [0.15, 0.2) is 0 Å². The van der Waals surface area contributed by atoms with Gasteiger partial charge in [-0.25, -0.2) is 4.79 Å². The van der Waals surface area contributed by atoms with Gasteiger partial charge in [0.2, 0.25) is 0 Å². The quantitative estimate of drug-likeness (QED) is 0.690. The highest BCUT2D eigenvalue weighted by molar-refractivity contribution is 5.67. The van der Waals surface area contributed by atoms with Crippen molar-refractivity contribution in [2.24, 2.45) is 0 Å². The van der Waals surface area contributed by atoms with Crippen molar-refractivity contribution in [1.82, 2.24) is 15.5 Å². The Balaban J connectivity index is 1.86. The lowest BCUT2D eigenvalue weighted by molar-refractivity contribution is 0.164. The number of nitrogens with zero attached hydrogens (tertiary/aromatic N) is 2. The van der Waals surface area contributed by atoms with Crippen LogP contribution >= 0.6 is 0 Å². The highest BCUT2D eigenvalue weighted by atomic mass is 16.5. The second kappa shape index (κ2) is 4.94. The lowest BCUT2D eigenvalue weighted by Gasteiger charge is -2.32. The normalized spacial score (nSPS) is 16.9. The van der Waals surface area contributed by atoms with E-state index in [1.807, 2.05) is 0 Å². The molecule has 7 heteroatoms. The number of nitrogens with two attached hydrogens (primary N) is 1. The average molecular weight is 239 g/mol. The largest absolute Gasteiger partial charge is 0.453 e. The number of aromatic nitrogens is 2. The Kier molecular flexibility index (Phi) is 3.36. The predicted octanol–water partition coefficient (Wildman–Crippen LogP) is 0.317. The number of carbonyl (C=O) groups is 1. The van der Waals surface area contributed by atoms with E-state index in [-0.39, 0.29) is 12.1 Å². The number of H-pyrrole nitrogens is 1. The summed E-state index contributed by atoms with van der Waals surface area (Å²) in [4.78, 5) is 13.2. The van der Waals surface area contributed by atoms with Gasteiger partial charge in [-0.1, -0.05) is 0 Å². The first-order valence-electron chi connectivity index (χ1n) is 5.59. The van der Waals surface area contributed by atoms with Gasteiger partial charge in [0.05, 0.1) is 19.0 Å². The van der Waals surface area contributed by atoms with E-state index >= 15 is 0 Å². The molecule has 0 aromatic carbocycles.